The Morgan fingerprint density at radius 1 is 0.305 bits per heavy atom. The fourth-order valence-corrected chi connectivity index (χ4v) is 8.92. The lowest BCUT2D eigenvalue weighted by molar-refractivity contribution is 1.09. The normalized spacial score (nSPS) is 11.7. The number of nitrogens with zero attached hydrogens (tertiary/aromatic N) is 6. The summed E-state index contributed by atoms with van der Waals surface area (Å²) in [6.45, 7) is 0. The molecular weight excluding hydrogens is 721 g/mol. The van der Waals surface area contributed by atoms with Crippen LogP contribution in [0.2, 0.25) is 0 Å². The monoisotopic (exact) mass is 754 g/mol. The second-order valence-corrected chi connectivity index (χ2v) is 14.9. The minimum Gasteiger partial charge on any atom is -0.309 e. The van der Waals surface area contributed by atoms with Crippen LogP contribution in [0.25, 0.3) is 106 Å². The van der Waals surface area contributed by atoms with Gasteiger partial charge in [-0.2, -0.15) is 0 Å². The summed E-state index contributed by atoms with van der Waals surface area (Å²) in [5, 5.41) is 4.94. The minimum absolute atomic E-state index is 0.688. The second-order valence-electron chi connectivity index (χ2n) is 14.9. The summed E-state index contributed by atoms with van der Waals surface area (Å²) in [6.07, 6.45) is 3.55. The van der Waals surface area contributed by atoms with Crippen LogP contribution in [0, 0.1) is 0 Å². The number of hydrogen-bond acceptors (Lipinski definition) is 3. The molecule has 59 heavy (non-hydrogen) atoms. The van der Waals surface area contributed by atoms with E-state index in [1.54, 1.807) is 12.4 Å². The van der Waals surface area contributed by atoms with Crippen molar-refractivity contribution >= 4 is 54.6 Å². The Kier molecular flexibility index (Phi) is 7.43. The number of imidazole rings is 1. The first-order valence-electron chi connectivity index (χ1n) is 19.9. The van der Waals surface area contributed by atoms with Gasteiger partial charge in [0, 0.05) is 62.1 Å². The van der Waals surface area contributed by atoms with Crippen LogP contribution in [0.4, 0.5) is 0 Å². The van der Waals surface area contributed by atoms with E-state index in [1.165, 1.54) is 49.2 Å². The summed E-state index contributed by atoms with van der Waals surface area (Å²) in [4.78, 5) is 14.1. The van der Waals surface area contributed by atoms with Crippen molar-refractivity contribution < 1.29 is 0 Å². The zero-order valence-corrected chi connectivity index (χ0v) is 31.8. The zero-order valence-electron chi connectivity index (χ0n) is 31.8. The molecule has 0 amide bonds. The first-order valence-corrected chi connectivity index (χ1v) is 19.9. The number of fused-ring (bicyclic) bond motifs is 7. The molecule has 0 saturated heterocycles. The van der Waals surface area contributed by atoms with Gasteiger partial charge in [-0.05, 0) is 108 Å². The smallest absolute Gasteiger partial charge is 0.159 e. The maximum Gasteiger partial charge on any atom is 0.159 e. The molecule has 0 unspecified atom stereocenters. The Labute approximate surface area is 339 Å². The molecule has 0 N–H and O–H groups in total. The van der Waals surface area contributed by atoms with Gasteiger partial charge < -0.3 is 9.13 Å². The molecule has 0 aliphatic rings. The van der Waals surface area contributed by atoms with Gasteiger partial charge in [0.1, 0.15) is 5.82 Å². The van der Waals surface area contributed by atoms with E-state index in [1.807, 2.05) is 24.3 Å². The molecule has 6 heteroatoms. The minimum atomic E-state index is 0.688. The Morgan fingerprint density at radius 3 is 1.46 bits per heavy atom. The van der Waals surface area contributed by atoms with E-state index in [2.05, 4.69) is 194 Å². The highest BCUT2D eigenvalue weighted by Gasteiger charge is 2.18. The van der Waals surface area contributed by atoms with Crippen LogP contribution in [0.5, 0.6) is 0 Å². The maximum atomic E-state index is 5.14. The third-order valence-corrected chi connectivity index (χ3v) is 11.6. The molecule has 0 spiro atoms. The van der Waals surface area contributed by atoms with Crippen molar-refractivity contribution in [1.82, 2.24) is 28.7 Å². The van der Waals surface area contributed by atoms with Crippen molar-refractivity contribution in [2.45, 2.75) is 0 Å². The van der Waals surface area contributed by atoms with Gasteiger partial charge in [0.05, 0.1) is 33.1 Å². The van der Waals surface area contributed by atoms with Gasteiger partial charge in [-0.15, -0.1) is 0 Å². The van der Waals surface area contributed by atoms with Gasteiger partial charge in [0.15, 0.2) is 5.82 Å². The fourth-order valence-electron chi connectivity index (χ4n) is 8.92. The molecule has 12 aromatic rings. The van der Waals surface area contributed by atoms with Crippen molar-refractivity contribution in [1.29, 1.82) is 0 Å². The van der Waals surface area contributed by atoms with Crippen LogP contribution in [0.15, 0.2) is 207 Å². The Hall–Kier alpha value is -8.09. The molecule has 8 aromatic carbocycles. The Bertz CT molecular complexity index is 3540. The lowest BCUT2D eigenvalue weighted by Crippen LogP contribution is -1.99. The molecule has 6 nitrogen and oxygen atoms in total. The standard InChI is InChI=1S/C53H34N6/c1-2-14-39(15-3-1)57-47-19-7-4-16-42(47)44-33-35(22-28-49(44)57)36-23-29-50-45(34-36)43-17-5-8-20-48(43)58(50)40-24-26-41(27-25-40)59-51-21-9-6-18-46(51)56-53(59)38-13-10-12-37(32-38)52-54-30-11-31-55-52/h1-34H. The third kappa shape index (κ3) is 5.31. The number of hydrogen-bond donors (Lipinski definition) is 0. The van der Waals surface area contributed by atoms with Gasteiger partial charge >= 0.3 is 0 Å². The lowest BCUT2D eigenvalue weighted by atomic mass is 10.0. The van der Waals surface area contributed by atoms with Crippen LogP contribution < -0.4 is 0 Å². The predicted octanol–water partition coefficient (Wildman–Crippen LogP) is 13.0. The third-order valence-electron chi connectivity index (χ3n) is 11.6. The number of para-hydroxylation sites is 5. The number of aromatic nitrogens is 6. The van der Waals surface area contributed by atoms with E-state index in [-0.39, 0.29) is 0 Å². The van der Waals surface area contributed by atoms with Crippen molar-refractivity contribution in [3.63, 3.8) is 0 Å². The first-order chi connectivity index (χ1) is 29.3. The SMILES string of the molecule is c1ccc(-n2c3ccccc3c3cc(-c4ccc5c(c4)c4ccccc4n5-c4ccc(-n5c(-c6cccc(-c7ncccn7)c6)nc6ccccc65)cc4)ccc32)cc1. The van der Waals surface area contributed by atoms with Gasteiger partial charge in [0.2, 0.25) is 0 Å². The average Bonchev–Trinajstić information content (AvgIpc) is 3.97. The van der Waals surface area contributed by atoms with Crippen LogP contribution in [-0.2, 0) is 0 Å². The molecule has 276 valence electrons. The summed E-state index contributed by atoms with van der Waals surface area (Å²) >= 11 is 0. The molecular formula is C53H34N6. The van der Waals surface area contributed by atoms with Gasteiger partial charge in [-0.3, -0.25) is 4.57 Å². The molecule has 12 rings (SSSR count). The molecule has 0 fully saturated rings. The molecule has 0 atom stereocenters. The average molecular weight is 755 g/mol. The quantitative estimate of drug-likeness (QED) is 0.170. The molecule has 0 radical (unpaired) electrons. The number of rotatable bonds is 6. The van der Waals surface area contributed by atoms with Crippen molar-refractivity contribution in [2.75, 3.05) is 0 Å². The molecule has 4 heterocycles. The molecule has 0 aliphatic heterocycles. The summed E-state index contributed by atoms with van der Waals surface area (Å²) in [5.41, 5.74) is 14.3. The highest BCUT2D eigenvalue weighted by atomic mass is 15.1. The maximum absolute atomic E-state index is 5.14. The highest BCUT2D eigenvalue weighted by Crippen LogP contribution is 2.39. The first kappa shape index (κ1) is 33.1. The van der Waals surface area contributed by atoms with Gasteiger partial charge in [-0.1, -0.05) is 97.1 Å². The largest absolute Gasteiger partial charge is 0.309 e. The Morgan fingerprint density at radius 2 is 0.814 bits per heavy atom. The van der Waals surface area contributed by atoms with Gasteiger partial charge in [0.25, 0.3) is 0 Å². The van der Waals surface area contributed by atoms with E-state index in [4.69, 9.17) is 4.98 Å². The second kappa shape index (κ2) is 13.3. The number of benzene rings is 8. The van der Waals surface area contributed by atoms with Crippen LogP contribution in [-0.4, -0.2) is 28.7 Å². The van der Waals surface area contributed by atoms with Crippen molar-refractivity contribution in [3.8, 4) is 51.0 Å². The summed E-state index contributed by atoms with van der Waals surface area (Å²) in [5.74, 6) is 1.55. The van der Waals surface area contributed by atoms with Crippen LogP contribution >= 0.6 is 0 Å². The Balaban J connectivity index is 0.963. The summed E-state index contributed by atoms with van der Waals surface area (Å²) < 4.78 is 6.99. The van der Waals surface area contributed by atoms with E-state index in [0.29, 0.717) is 5.82 Å². The topological polar surface area (TPSA) is 53.5 Å². The van der Waals surface area contributed by atoms with E-state index in [0.717, 1.165) is 50.6 Å². The molecule has 0 bridgehead atoms. The zero-order chi connectivity index (χ0) is 38.9. The molecule has 0 aliphatic carbocycles. The van der Waals surface area contributed by atoms with Crippen molar-refractivity contribution in [3.05, 3.63) is 207 Å². The van der Waals surface area contributed by atoms with Gasteiger partial charge in [-0.25, -0.2) is 15.0 Å². The highest BCUT2D eigenvalue weighted by molar-refractivity contribution is 6.12. The molecule has 0 saturated carbocycles. The van der Waals surface area contributed by atoms with Crippen LogP contribution in [0.3, 0.4) is 0 Å². The van der Waals surface area contributed by atoms with E-state index in [9.17, 15) is 0 Å². The predicted molar refractivity (Wildman–Crippen MR) is 242 cm³/mol. The fraction of sp³-hybridized carbons (Fsp3) is 0. The summed E-state index contributed by atoms with van der Waals surface area (Å²) in [7, 11) is 0. The van der Waals surface area contributed by atoms with Crippen molar-refractivity contribution in [2.24, 2.45) is 0 Å². The van der Waals surface area contributed by atoms with E-state index >= 15 is 0 Å². The molecule has 4 aromatic heterocycles. The van der Waals surface area contributed by atoms with Crippen LogP contribution in [0.1, 0.15) is 0 Å². The summed E-state index contributed by atoms with van der Waals surface area (Å²) in [6, 6.07) is 69.2. The lowest BCUT2D eigenvalue weighted by Gasteiger charge is -2.13. The van der Waals surface area contributed by atoms with E-state index < -0.39 is 0 Å².